The first-order chi connectivity index (χ1) is 17.4. The van der Waals surface area contributed by atoms with E-state index in [1.54, 1.807) is 23.1 Å². The van der Waals surface area contributed by atoms with Gasteiger partial charge in [-0.3, -0.25) is 9.69 Å². The highest BCUT2D eigenvalue weighted by Gasteiger charge is 2.46. The van der Waals surface area contributed by atoms with Gasteiger partial charge in [-0.15, -0.1) is 0 Å². The van der Waals surface area contributed by atoms with Gasteiger partial charge in [-0.05, 0) is 53.8 Å². The Morgan fingerprint density at radius 1 is 1.03 bits per heavy atom. The van der Waals surface area contributed by atoms with E-state index in [1.807, 2.05) is 61.1 Å². The third kappa shape index (κ3) is 3.41. The maximum atomic E-state index is 15.3. The van der Waals surface area contributed by atoms with Crippen LogP contribution in [0.5, 0.6) is 11.5 Å². The molecule has 0 unspecified atom stereocenters. The molecule has 0 radical (unpaired) electrons. The molecule has 3 heterocycles. The Hall–Kier alpha value is -4.31. The number of para-hydroxylation sites is 1. The summed E-state index contributed by atoms with van der Waals surface area (Å²) in [7, 11) is 0. The fourth-order valence-electron chi connectivity index (χ4n) is 5.51. The van der Waals surface area contributed by atoms with Crippen LogP contribution < -0.4 is 14.4 Å². The quantitative estimate of drug-likeness (QED) is 0.459. The van der Waals surface area contributed by atoms with Crippen molar-refractivity contribution in [2.75, 3.05) is 11.7 Å². The predicted octanol–water partition coefficient (Wildman–Crippen LogP) is 6.00. The molecule has 6 rings (SSSR count). The average Bonchev–Trinajstić information content (AvgIpc) is 3.54. The second-order valence-electron chi connectivity index (χ2n) is 10.1. The van der Waals surface area contributed by atoms with E-state index in [9.17, 15) is 10.1 Å². The number of ketones is 1. The van der Waals surface area contributed by atoms with E-state index in [0.717, 1.165) is 5.56 Å². The van der Waals surface area contributed by atoms with E-state index in [0.29, 0.717) is 52.7 Å². The third-order valence-corrected chi connectivity index (χ3v) is 6.99. The van der Waals surface area contributed by atoms with Gasteiger partial charge in [0.25, 0.3) is 0 Å². The topological polar surface area (TPSA) is 67.5 Å². The van der Waals surface area contributed by atoms with Gasteiger partial charge in [0.2, 0.25) is 6.79 Å². The molecule has 7 heteroatoms. The number of carbonyl (C=O) groups is 1. The molecule has 180 valence electrons. The van der Waals surface area contributed by atoms with Gasteiger partial charge in [-0.25, -0.2) is 4.39 Å². The number of fused-ring (bicyclic) bond motifs is 1. The summed E-state index contributed by atoms with van der Waals surface area (Å²) in [6, 6.07) is 18.1. The highest BCUT2D eigenvalue weighted by atomic mass is 19.1. The standard InChI is InChI=1S/C29H24FN3O3/c1-29(2)14-22-27(23(34)15-29)26(18-9-10-24-25(13-18)36-17-35-24)19(16-31)28(32-11-5-6-12-32)33(22)21-8-4-3-7-20(21)30/h3-13,26H,14-15,17H2,1-2H3/t26-/m0/s1. The molecule has 1 atom stereocenters. The zero-order chi connectivity index (χ0) is 25.0. The Morgan fingerprint density at radius 2 is 1.78 bits per heavy atom. The molecule has 3 aromatic rings. The van der Waals surface area contributed by atoms with Crippen molar-refractivity contribution in [3.63, 3.8) is 0 Å². The largest absolute Gasteiger partial charge is 0.454 e. The monoisotopic (exact) mass is 481 g/mol. The fourth-order valence-corrected chi connectivity index (χ4v) is 5.51. The van der Waals surface area contributed by atoms with E-state index in [4.69, 9.17) is 9.47 Å². The Labute approximate surface area is 208 Å². The zero-order valence-electron chi connectivity index (χ0n) is 20.0. The Morgan fingerprint density at radius 3 is 2.53 bits per heavy atom. The molecule has 6 nitrogen and oxygen atoms in total. The minimum atomic E-state index is -0.622. The normalized spacial score (nSPS) is 20.4. The van der Waals surface area contributed by atoms with Gasteiger partial charge in [-0.2, -0.15) is 5.26 Å². The molecule has 0 N–H and O–H groups in total. The van der Waals surface area contributed by atoms with Crippen LogP contribution in [0.3, 0.4) is 0 Å². The van der Waals surface area contributed by atoms with Gasteiger partial charge in [-0.1, -0.05) is 32.0 Å². The van der Waals surface area contributed by atoms with E-state index in [2.05, 4.69) is 6.07 Å². The summed E-state index contributed by atoms with van der Waals surface area (Å²) in [5.74, 6) is 0.631. The third-order valence-electron chi connectivity index (χ3n) is 6.99. The fraction of sp³-hybridized carbons (Fsp3) is 0.241. The number of rotatable bonds is 3. The average molecular weight is 482 g/mol. The maximum absolute atomic E-state index is 15.3. The van der Waals surface area contributed by atoms with Crippen LogP contribution in [0, 0.1) is 22.6 Å². The number of nitriles is 1. The lowest BCUT2D eigenvalue weighted by Gasteiger charge is -2.44. The van der Waals surface area contributed by atoms with E-state index >= 15 is 4.39 Å². The number of aromatic nitrogens is 1. The number of hydrogen-bond donors (Lipinski definition) is 0. The summed E-state index contributed by atoms with van der Waals surface area (Å²) in [4.78, 5) is 15.6. The summed E-state index contributed by atoms with van der Waals surface area (Å²) >= 11 is 0. The van der Waals surface area contributed by atoms with Crippen LogP contribution in [0.25, 0.3) is 5.82 Å². The van der Waals surface area contributed by atoms with Gasteiger partial charge in [0.05, 0.1) is 23.2 Å². The molecule has 0 bridgehead atoms. The first kappa shape index (κ1) is 22.2. The number of allylic oxidation sites excluding steroid dienone is 3. The molecule has 2 aliphatic heterocycles. The molecule has 0 fully saturated rings. The summed E-state index contributed by atoms with van der Waals surface area (Å²) < 4.78 is 28.3. The highest BCUT2D eigenvalue weighted by Crippen LogP contribution is 2.53. The van der Waals surface area contributed by atoms with Crippen LogP contribution in [0.4, 0.5) is 10.1 Å². The predicted molar refractivity (Wildman–Crippen MR) is 132 cm³/mol. The lowest BCUT2D eigenvalue weighted by Crippen LogP contribution is -2.40. The molecule has 0 spiro atoms. The van der Waals surface area contributed by atoms with Crippen LogP contribution in [0.1, 0.15) is 38.2 Å². The Bertz CT molecular complexity index is 1490. The van der Waals surface area contributed by atoms with Crippen LogP contribution in [-0.4, -0.2) is 17.1 Å². The van der Waals surface area contributed by atoms with Crippen LogP contribution in [0.2, 0.25) is 0 Å². The molecule has 0 amide bonds. The number of ether oxygens (including phenoxy) is 2. The van der Waals surface area contributed by atoms with E-state index < -0.39 is 11.7 Å². The first-order valence-corrected chi connectivity index (χ1v) is 11.9. The molecule has 1 aliphatic carbocycles. The van der Waals surface area contributed by atoms with E-state index in [-0.39, 0.29) is 18.0 Å². The van der Waals surface area contributed by atoms with Crippen LogP contribution in [0.15, 0.2) is 83.8 Å². The summed E-state index contributed by atoms with van der Waals surface area (Å²) in [6.07, 6.45) is 4.56. The zero-order valence-corrected chi connectivity index (χ0v) is 20.0. The smallest absolute Gasteiger partial charge is 0.231 e. The number of nitrogens with zero attached hydrogens (tertiary/aromatic N) is 3. The number of anilines is 1. The van der Waals surface area contributed by atoms with Crippen molar-refractivity contribution in [2.45, 2.75) is 32.6 Å². The SMILES string of the molecule is CC1(C)CC(=O)C2=C(C1)N(c1ccccc1F)C(n1cccc1)=C(C#N)[C@@H]2c1ccc2c(c1)OCO2. The Balaban J connectivity index is 1.68. The summed E-state index contributed by atoms with van der Waals surface area (Å²) in [5, 5.41) is 10.6. The second kappa shape index (κ2) is 8.13. The number of carbonyl (C=O) groups excluding carboxylic acids is 1. The van der Waals surface area contributed by atoms with Crippen molar-refractivity contribution >= 4 is 17.3 Å². The summed E-state index contributed by atoms with van der Waals surface area (Å²) in [5.41, 5.74) is 2.34. The molecule has 0 saturated heterocycles. The van der Waals surface area contributed by atoms with Crippen molar-refractivity contribution in [1.29, 1.82) is 5.26 Å². The number of Topliss-reactive ketones (excluding diaryl/α,β-unsaturated/α-hetero) is 1. The van der Waals surface area contributed by atoms with E-state index in [1.165, 1.54) is 6.07 Å². The Kier molecular flexibility index (Phi) is 5.01. The van der Waals surface area contributed by atoms with Gasteiger partial charge >= 0.3 is 0 Å². The lowest BCUT2D eigenvalue weighted by atomic mass is 9.68. The molecular weight excluding hydrogens is 457 g/mol. The van der Waals surface area contributed by atoms with Gasteiger partial charge in [0.1, 0.15) is 11.6 Å². The number of hydrogen-bond acceptors (Lipinski definition) is 5. The van der Waals surface area contributed by atoms with Crippen molar-refractivity contribution in [1.82, 2.24) is 4.57 Å². The van der Waals surface area contributed by atoms with Gasteiger partial charge < -0.3 is 14.0 Å². The maximum Gasteiger partial charge on any atom is 0.231 e. The van der Waals surface area contributed by atoms with Crippen molar-refractivity contribution in [3.05, 3.63) is 95.2 Å². The first-order valence-electron chi connectivity index (χ1n) is 11.9. The molecule has 1 aromatic heterocycles. The second-order valence-corrected chi connectivity index (χ2v) is 10.1. The highest BCUT2D eigenvalue weighted by molar-refractivity contribution is 6.03. The van der Waals surface area contributed by atoms with Crippen molar-refractivity contribution in [2.24, 2.45) is 5.41 Å². The molecule has 2 aromatic carbocycles. The van der Waals surface area contributed by atoms with Gasteiger partial charge in [0, 0.05) is 30.1 Å². The molecule has 0 saturated carbocycles. The molecule has 36 heavy (non-hydrogen) atoms. The van der Waals surface area contributed by atoms with Crippen molar-refractivity contribution in [3.8, 4) is 17.6 Å². The molecular formula is C29H24FN3O3. The summed E-state index contributed by atoms with van der Waals surface area (Å²) in [6.45, 7) is 4.21. The minimum Gasteiger partial charge on any atom is -0.454 e. The van der Waals surface area contributed by atoms with Crippen LogP contribution >= 0.6 is 0 Å². The molecule has 3 aliphatic rings. The number of halogens is 1. The van der Waals surface area contributed by atoms with Crippen LogP contribution in [-0.2, 0) is 4.79 Å². The minimum absolute atomic E-state index is 0.0374. The number of benzene rings is 2. The van der Waals surface area contributed by atoms with Gasteiger partial charge in [0.15, 0.2) is 17.3 Å². The lowest BCUT2D eigenvalue weighted by molar-refractivity contribution is -0.118. The van der Waals surface area contributed by atoms with Crippen molar-refractivity contribution < 1.29 is 18.7 Å².